The van der Waals surface area contributed by atoms with Crippen molar-refractivity contribution in [3.8, 4) is 17.3 Å². The highest BCUT2D eigenvalue weighted by molar-refractivity contribution is 6.30. The van der Waals surface area contributed by atoms with Gasteiger partial charge in [0.15, 0.2) is 5.65 Å². The molecule has 0 N–H and O–H groups in total. The van der Waals surface area contributed by atoms with E-state index in [2.05, 4.69) is 15.1 Å². The van der Waals surface area contributed by atoms with Gasteiger partial charge in [-0.05, 0) is 37.3 Å². The minimum atomic E-state index is -0.380. The molecule has 124 valence electrons. The fourth-order valence-corrected chi connectivity index (χ4v) is 2.69. The third-order valence-electron chi connectivity index (χ3n) is 3.57. The SMILES string of the molecule is Cc1nc(Oc2cccc(F)c2)c2cnn(-c3cccc(Cl)c3)c2n1. The molecule has 25 heavy (non-hydrogen) atoms. The molecular formula is C18H12ClFN4O. The van der Waals surface area contributed by atoms with Crippen LogP contribution < -0.4 is 4.74 Å². The van der Waals surface area contributed by atoms with E-state index < -0.39 is 0 Å². The van der Waals surface area contributed by atoms with Gasteiger partial charge in [0.1, 0.15) is 22.8 Å². The molecule has 2 aromatic carbocycles. The zero-order valence-corrected chi connectivity index (χ0v) is 13.9. The molecule has 5 nitrogen and oxygen atoms in total. The van der Waals surface area contributed by atoms with E-state index in [1.54, 1.807) is 42.1 Å². The molecule has 0 aliphatic carbocycles. The number of halogens is 2. The zero-order valence-electron chi connectivity index (χ0n) is 13.1. The number of hydrogen-bond donors (Lipinski definition) is 0. The summed E-state index contributed by atoms with van der Waals surface area (Å²) in [5, 5.41) is 5.59. The quantitative estimate of drug-likeness (QED) is 0.534. The van der Waals surface area contributed by atoms with Crippen molar-refractivity contribution in [1.82, 2.24) is 19.7 Å². The Hall–Kier alpha value is -2.99. The number of rotatable bonds is 3. The van der Waals surface area contributed by atoms with Gasteiger partial charge in [-0.3, -0.25) is 0 Å². The lowest BCUT2D eigenvalue weighted by Gasteiger charge is -2.08. The first-order valence-electron chi connectivity index (χ1n) is 7.52. The summed E-state index contributed by atoms with van der Waals surface area (Å²) in [6.07, 6.45) is 1.62. The van der Waals surface area contributed by atoms with Crippen molar-refractivity contribution in [2.45, 2.75) is 6.92 Å². The van der Waals surface area contributed by atoms with Crippen molar-refractivity contribution in [2.75, 3.05) is 0 Å². The van der Waals surface area contributed by atoms with Crippen LogP contribution in [-0.4, -0.2) is 19.7 Å². The number of hydrogen-bond acceptors (Lipinski definition) is 4. The molecule has 0 bridgehead atoms. The van der Waals surface area contributed by atoms with Gasteiger partial charge in [-0.15, -0.1) is 0 Å². The smallest absolute Gasteiger partial charge is 0.233 e. The highest BCUT2D eigenvalue weighted by Crippen LogP contribution is 2.29. The average molecular weight is 355 g/mol. The van der Waals surface area contributed by atoms with Crippen LogP contribution in [0.15, 0.2) is 54.7 Å². The third-order valence-corrected chi connectivity index (χ3v) is 3.80. The summed E-state index contributed by atoms with van der Waals surface area (Å²) in [7, 11) is 0. The third kappa shape index (κ3) is 3.04. The van der Waals surface area contributed by atoms with Gasteiger partial charge in [-0.1, -0.05) is 23.7 Å². The Morgan fingerprint density at radius 1 is 1.08 bits per heavy atom. The second kappa shape index (κ2) is 6.14. The number of nitrogens with zero attached hydrogens (tertiary/aromatic N) is 4. The van der Waals surface area contributed by atoms with Gasteiger partial charge in [-0.2, -0.15) is 10.1 Å². The predicted molar refractivity (Wildman–Crippen MR) is 92.9 cm³/mol. The monoisotopic (exact) mass is 354 g/mol. The molecule has 4 rings (SSSR count). The Morgan fingerprint density at radius 2 is 1.92 bits per heavy atom. The van der Waals surface area contributed by atoms with Gasteiger partial charge in [0.05, 0.1) is 11.9 Å². The normalized spacial score (nSPS) is 11.0. The maximum atomic E-state index is 13.4. The maximum Gasteiger partial charge on any atom is 0.233 e. The van der Waals surface area contributed by atoms with Crippen LogP contribution in [0.3, 0.4) is 0 Å². The molecule has 0 saturated heterocycles. The van der Waals surface area contributed by atoms with Gasteiger partial charge >= 0.3 is 0 Å². The van der Waals surface area contributed by atoms with Crippen LogP contribution in [0.5, 0.6) is 11.6 Å². The fraction of sp³-hybridized carbons (Fsp3) is 0.0556. The lowest BCUT2D eigenvalue weighted by molar-refractivity contribution is 0.461. The second-order valence-corrected chi connectivity index (χ2v) is 5.85. The Kier molecular flexibility index (Phi) is 3.82. The predicted octanol–water partition coefficient (Wildman–Crippen LogP) is 4.71. The van der Waals surface area contributed by atoms with Gasteiger partial charge in [0.2, 0.25) is 5.88 Å². The molecule has 0 aliphatic heterocycles. The molecule has 0 saturated carbocycles. The van der Waals surface area contributed by atoms with Crippen molar-refractivity contribution < 1.29 is 9.13 Å². The van der Waals surface area contributed by atoms with Crippen molar-refractivity contribution >= 4 is 22.6 Å². The summed E-state index contributed by atoms with van der Waals surface area (Å²) in [4.78, 5) is 8.77. The van der Waals surface area contributed by atoms with Crippen LogP contribution in [-0.2, 0) is 0 Å². The van der Waals surface area contributed by atoms with Crippen molar-refractivity contribution in [2.24, 2.45) is 0 Å². The number of benzene rings is 2. The fourth-order valence-electron chi connectivity index (χ4n) is 2.50. The average Bonchev–Trinajstić information content (AvgIpc) is 2.99. The molecule has 0 unspecified atom stereocenters. The molecule has 2 heterocycles. The topological polar surface area (TPSA) is 52.8 Å². The summed E-state index contributed by atoms with van der Waals surface area (Å²) in [6.45, 7) is 1.76. The van der Waals surface area contributed by atoms with Gasteiger partial charge in [0.25, 0.3) is 0 Å². The van der Waals surface area contributed by atoms with E-state index in [4.69, 9.17) is 16.3 Å². The Bertz CT molecular complexity index is 1080. The van der Waals surface area contributed by atoms with Crippen molar-refractivity contribution in [3.05, 3.63) is 71.4 Å². The molecule has 0 aliphatic rings. The first-order chi connectivity index (χ1) is 12.1. The van der Waals surface area contributed by atoms with E-state index in [0.717, 1.165) is 5.69 Å². The van der Waals surface area contributed by atoms with E-state index in [0.29, 0.717) is 33.5 Å². The summed E-state index contributed by atoms with van der Waals surface area (Å²) in [6, 6.07) is 13.2. The lowest BCUT2D eigenvalue weighted by atomic mass is 10.3. The maximum absolute atomic E-state index is 13.4. The lowest BCUT2D eigenvalue weighted by Crippen LogP contribution is -2.00. The largest absolute Gasteiger partial charge is 0.438 e. The van der Waals surface area contributed by atoms with Crippen molar-refractivity contribution in [3.63, 3.8) is 0 Å². The summed E-state index contributed by atoms with van der Waals surface area (Å²) in [5.41, 5.74) is 1.36. The van der Waals surface area contributed by atoms with Gasteiger partial charge < -0.3 is 4.74 Å². The molecule has 0 amide bonds. The van der Waals surface area contributed by atoms with E-state index >= 15 is 0 Å². The molecular weight excluding hydrogens is 343 g/mol. The molecule has 2 aromatic heterocycles. The Morgan fingerprint density at radius 3 is 2.72 bits per heavy atom. The molecule has 0 radical (unpaired) electrons. The minimum Gasteiger partial charge on any atom is -0.438 e. The van der Waals surface area contributed by atoms with Crippen LogP contribution in [0.4, 0.5) is 4.39 Å². The molecule has 0 atom stereocenters. The second-order valence-electron chi connectivity index (χ2n) is 5.41. The van der Waals surface area contributed by atoms with Crippen LogP contribution in [0.1, 0.15) is 5.82 Å². The Labute approximate surface area is 147 Å². The van der Waals surface area contributed by atoms with E-state index in [1.807, 2.05) is 12.1 Å². The summed E-state index contributed by atoms with van der Waals surface area (Å²) in [5.74, 6) is 0.813. The molecule has 0 spiro atoms. The minimum absolute atomic E-state index is 0.321. The summed E-state index contributed by atoms with van der Waals surface area (Å²) >= 11 is 6.06. The zero-order chi connectivity index (χ0) is 17.4. The van der Waals surface area contributed by atoms with E-state index in [-0.39, 0.29) is 5.82 Å². The van der Waals surface area contributed by atoms with Crippen LogP contribution in [0.25, 0.3) is 16.7 Å². The van der Waals surface area contributed by atoms with Crippen LogP contribution in [0.2, 0.25) is 5.02 Å². The number of fused-ring (bicyclic) bond motifs is 1. The number of ether oxygens (including phenoxy) is 1. The van der Waals surface area contributed by atoms with Crippen LogP contribution in [0, 0.1) is 12.7 Å². The van der Waals surface area contributed by atoms with Gasteiger partial charge in [-0.25, -0.2) is 14.1 Å². The standard InChI is InChI=1S/C18H12ClFN4O/c1-11-22-17-16(10-21-24(17)14-6-2-4-12(19)8-14)18(23-11)25-15-7-3-5-13(20)9-15/h2-10H,1H3. The van der Waals surface area contributed by atoms with Crippen LogP contribution >= 0.6 is 11.6 Å². The van der Waals surface area contributed by atoms with Gasteiger partial charge in [0, 0.05) is 11.1 Å². The van der Waals surface area contributed by atoms with E-state index in [1.165, 1.54) is 12.1 Å². The highest BCUT2D eigenvalue weighted by atomic mass is 35.5. The first kappa shape index (κ1) is 15.5. The molecule has 4 aromatic rings. The Balaban J connectivity index is 1.84. The first-order valence-corrected chi connectivity index (χ1v) is 7.90. The number of aromatic nitrogens is 4. The summed E-state index contributed by atoms with van der Waals surface area (Å²) < 4.78 is 20.8. The van der Waals surface area contributed by atoms with Crippen molar-refractivity contribution in [1.29, 1.82) is 0 Å². The highest BCUT2D eigenvalue weighted by Gasteiger charge is 2.15. The number of aryl methyl sites for hydroxylation is 1. The van der Waals surface area contributed by atoms with E-state index in [9.17, 15) is 4.39 Å². The molecule has 0 fully saturated rings. The molecule has 7 heteroatoms.